The van der Waals surface area contributed by atoms with Crippen LogP contribution in [0.4, 0.5) is 0 Å². The number of hydrogen-bond acceptors (Lipinski definition) is 4. The van der Waals surface area contributed by atoms with E-state index in [9.17, 15) is 4.79 Å². The molecule has 1 heterocycles. The van der Waals surface area contributed by atoms with Gasteiger partial charge in [-0.2, -0.15) is 0 Å². The Morgan fingerprint density at radius 3 is 3.14 bits per heavy atom. The minimum atomic E-state index is -0.316. The van der Waals surface area contributed by atoms with Crippen LogP contribution in [0.15, 0.2) is 15.3 Å². The normalized spacial score (nSPS) is 19.4. The minimum absolute atomic E-state index is 0.0486. The smallest absolute Gasteiger partial charge is 0.336 e. The Morgan fingerprint density at radius 2 is 2.43 bits per heavy atom. The fourth-order valence-corrected chi connectivity index (χ4v) is 1.64. The Labute approximate surface area is 80.7 Å². The van der Waals surface area contributed by atoms with E-state index in [4.69, 9.17) is 10.3 Å². The van der Waals surface area contributed by atoms with Gasteiger partial charge in [-0.05, 0) is 25.0 Å². The maximum absolute atomic E-state index is 11.1. The van der Waals surface area contributed by atoms with E-state index in [0.717, 1.165) is 17.2 Å². The molecule has 14 heavy (non-hydrogen) atoms. The summed E-state index contributed by atoms with van der Waals surface area (Å²) in [5.41, 5.74) is 3.88. The molecule has 0 saturated heterocycles. The van der Waals surface area contributed by atoms with Crippen LogP contribution in [0.5, 0.6) is 0 Å². The van der Waals surface area contributed by atoms with Gasteiger partial charge >= 0.3 is 5.63 Å². The van der Waals surface area contributed by atoms with E-state index < -0.39 is 0 Å². The minimum Gasteiger partial charge on any atom is -0.423 e. The third-order valence-corrected chi connectivity index (χ3v) is 2.38. The van der Waals surface area contributed by atoms with Gasteiger partial charge in [0.15, 0.2) is 0 Å². The standard InChI is InChI=1S/C10H12N2O2/c1-6-4-10(13)14-9-5-7(12-11)2-3-8(6)9/h3-5,7,12H,2,11H2,1H3. The number of nitrogens with one attached hydrogen (secondary N) is 1. The van der Waals surface area contributed by atoms with Crippen LogP contribution in [0.3, 0.4) is 0 Å². The molecule has 1 unspecified atom stereocenters. The summed E-state index contributed by atoms with van der Waals surface area (Å²) in [5.74, 6) is 5.32. The van der Waals surface area contributed by atoms with E-state index in [2.05, 4.69) is 5.43 Å². The fraction of sp³-hybridized carbons (Fsp3) is 0.300. The Bertz CT molecular complexity index is 516. The van der Waals surface area contributed by atoms with E-state index >= 15 is 0 Å². The lowest BCUT2D eigenvalue weighted by Crippen LogP contribution is -2.42. The maximum Gasteiger partial charge on any atom is 0.336 e. The van der Waals surface area contributed by atoms with E-state index in [-0.39, 0.29) is 11.7 Å². The van der Waals surface area contributed by atoms with Crippen molar-refractivity contribution in [3.8, 4) is 0 Å². The highest BCUT2D eigenvalue weighted by atomic mass is 16.4. The Kier molecular flexibility index (Phi) is 2.23. The van der Waals surface area contributed by atoms with Gasteiger partial charge < -0.3 is 4.42 Å². The SMILES string of the molecule is Cc1cc(=O)oc2c1=CCC(NN)C=2. The van der Waals surface area contributed by atoms with Crippen LogP contribution in [0, 0.1) is 6.92 Å². The van der Waals surface area contributed by atoms with E-state index in [1.165, 1.54) is 6.07 Å². The Morgan fingerprint density at radius 1 is 1.64 bits per heavy atom. The molecule has 4 heteroatoms. The number of hydrogen-bond donors (Lipinski definition) is 2. The molecule has 0 aliphatic heterocycles. The summed E-state index contributed by atoms with van der Waals surface area (Å²) < 4.78 is 5.07. The van der Waals surface area contributed by atoms with Gasteiger partial charge in [-0.1, -0.05) is 6.08 Å². The maximum atomic E-state index is 11.1. The number of hydrazine groups is 1. The van der Waals surface area contributed by atoms with Crippen LogP contribution in [0.1, 0.15) is 12.0 Å². The van der Waals surface area contributed by atoms with Crippen molar-refractivity contribution in [1.82, 2.24) is 5.43 Å². The Balaban J connectivity index is 2.73. The highest BCUT2D eigenvalue weighted by molar-refractivity contribution is 5.41. The lowest BCUT2D eigenvalue weighted by atomic mass is 10.1. The molecule has 1 atom stereocenters. The zero-order valence-corrected chi connectivity index (χ0v) is 7.91. The molecule has 3 N–H and O–H groups in total. The van der Waals surface area contributed by atoms with E-state index in [1.807, 2.05) is 19.1 Å². The van der Waals surface area contributed by atoms with Gasteiger partial charge in [-0.15, -0.1) is 0 Å². The van der Waals surface area contributed by atoms with Crippen LogP contribution < -0.4 is 27.5 Å². The lowest BCUT2D eigenvalue weighted by Gasteiger charge is -2.11. The van der Waals surface area contributed by atoms with Gasteiger partial charge in [-0.3, -0.25) is 11.3 Å². The molecule has 1 aliphatic carbocycles. The summed E-state index contributed by atoms with van der Waals surface area (Å²) in [6.45, 7) is 1.90. The molecule has 0 radical (unpaired) electrons. The monoisotopic (exact) mass is 192 g/mol. The molecule has 1 aromatic rings. The second kappa shape index (κ2) is 3.40. The zero-order chi connectivity index (χ0) is 10.1. The van der Waals surface area contributed by atoms with Gasteiger partial charge in [-0.25, -0.2) is 4.79 Å². The third-order valence-electron chi connectivity index (χ3n) is 2.38. The molecule has 0 bridgehead atoms. The summed E-state index contributed by atoms with van der Waals surface area (Å²) in [7, 11) is 0. The molecular weight excluding hydrogens is 180 g/mol. The summed E-state index contributed by atoms with van der Waals surface area (Å²) in [6.07, 6.45) is 4.68. The molecular formula is C10H12N2O2. The molecule has 1 aliphatic rings. The molecule has 0 amide bonds. The van der Waals surface area contributed by atoms with Gasteiger partial charge in [0.2, 0.25) is 0 Å². The van der Waals surface area contributed by atoms with Crippen molar-refractivity contribution in [2.75, 3.05) is 0 Å². The molecule has 0 aromatic carbocycles. The quantitative estimate of drug-likeness (QED) is 0.431. The van der Waals surface area contributed by atoms with Crippen LogP contribution in [-0.2, 0) is 0 Å². The van der Waals surface area contributed by atoms with Gasteiger partial charge in [0.05, 0.1) is 0 Å². The van der Waals surface area contributed by atoms with Crippen molar-refractivity contribution in [1.29, 1.82) is 0 Å². The molecule has 0 fully saturated rings. The van der Waals surface area contributed by atoms with Gasteiger partial charge in [0.1, 0.15) is 5.42 Å². The van der Waals surface area contributed by atoms with Gasteiger partial charge in [0, 0.05) is 17.3 Å². The first-order valence-electron chi connectivity index (χ1n) is 4.49. The first-order valence-corrected chi connectivity index (χ1v) is 4.49. The summed E-state index contributed by atoms with van der Waals surface area (Å²) in [5, 5.41) is 0.996. The topological polar surface area (TPSA) is 68.3 Å². The molecule has 74 valence electrons. The van der Waals surface area contributed by atoms with E-state index in [1.54, 1.807) is 0 Å². The largest absolute Gasteiger partial charge is 0.423 e. The Hall–Kier alpha value is -1.39. The van der Waals surface area contributed by atoms with Crippen molar-refractivity contribution >= 4 is 12.2 Å². The van der Waals surface area contributed by atoms with Crippen molar-refractivity contribution in [2.24, 2.45) is 5.84 Å². The van der Waals surface area contributed by atoms with Crippen LogP contribution in [0.25, 0.3) is 12.2 Å². The average molecular weight is 192 g/mol. The number of fused-ring (bicyclic) bond motifs is 1. The van der Waals surface area contributed by atoms with Gasteiger partial charge in [0.25, 0.3) is 0 Å². The third kappa shape index (κ3) is 1.49. The highest BCUT2D eigenvalue weighted by Crippen LogP contribution is 1.96. The molecule has 0 spiro atoms. The molecule has 1 aromatic heterocycles. The van der Waals surface area contributed by atoms with Crippen LogP contribution in [-0.4, -0.2) is 6.04 Å². The predicted octanol–water partition coefficient (Wildman–Crippen LogP) is -1.26. The van der Waals surface area contributed by atoms with Crippen molar-refractivity contribution in [2.45, 2.75) is 19.4 Å². The van der Waals surface area contributed by atoms with Crippen LogP contribution in [0.2, 0.25) is 0 Å². The summed E-state index contributed by atoms with van der Waals surface area (Å²) in [6, 6.07) is 1.55. The number of rotatable bonds is 1. The fourth-order valence-electron chi connectivity index (χ4n) is 1.64. The van der Waals surface area contributed by atoms with E-state index in [0.29, 0.717) is 5.42 Å². The highest BCUT2D eigenvalue weighted by Gasteiger charge is 2.07. The summed E-state index contributed by atoms with van der Waals surface area (Å²) in [4.78, 5) is 11.1. The zero-order valence-electron chi connectivity index (χ0n) is 7.91. The second-order valence-electron chi connectivity index (χ2n) is 3.41. The predicted molar refractivity (Wildman–Crippen MR) is 53.6 cm³/mol. The molecule has 0 saturated carbocycles. The van der Waals surface area contributed by atoms with Crippen molar-refractivity contribution < 1.29 is 4.42 Å². The first kappa shape index (κ1) is 9.18. The molecule has 4 nitrogen and oxygen atoms in total. The second-order valence-corrected chi connectivity index (χ2v) is 3.41. The number of nitrogens with two attached hydrogens (primary N) is 1. The van der Waals surface area contributed by atoms with Crippen molar-refractivity contribution in [3.05, 3.63) is 32.7 Å². The summed E-state index contributed by atoms with van der Waals surface area (Å²) >= 11 is 0. The number of aryl methyl sites for hydroxylation is 1. The molecule has 2 rings (SSSR count). The average Bonchev–Trinajstić information content (AvgIpc) is 2.16. The van der Waals surface area contributed by atoms with Crippen LogP contribution >= 0.6 is 0 Å². The lowest BCUT2D eigenvalue weighted by molar-refractivity contribution is 0.464. The van der Waals surface area contributed by atoms with Crippen molar-refractivity contribution in [3.63, 3.8) is 0 Å². The first-order chi connectivity index (χ1) is 6.70.